The van der Waals surface area contributed by atoms with E-state index in [-0.39, 0.29) is 0 Å². The Morgan fingerprint density at radius 1 is 0.811 bits per heavy atom. The minimum absolute atomic E-state index is 0.446. The first-order valence-corrected chi connectivity index (χ1v) is 23.8. The number of hydrogen-bond donors (Lipinski definition) is 1. The summed E-state index contributed by atoms with van der Waals surface area (Å²) < 4.78 is 33.7. The number of H-pyrrole nitrogens is 1. The summed E-state index contributed by atoms with van der Waals surface area (Å²) in [5, 5.41) is 0. The highest BCUT2D eigenvalue weighted by Crippen LogP contribution is 2.37. The van der Waals surface area contributed by atoms with Gasteiger partial charge in [0.15, 0.2) is 22.9 Å². The number of aromatic nitrogens is 6. The van der Waals surface area contributed by atoms with Gasteiger partial charge in [0, 0.05) is 31.5 Å². The highest BCUT2D eigenvalue weighted by atomic mass is 127. The molecule has 0 saturated carbocycles. The van der Waals surface area contributed by atoms with Gasteiger partial charge >= 0.3 is 0 Å². The van der Waals surface area contributed by atoms with Crippen LogP contribution in [0.4, 0.5) is 0 Å². The molecule has 11 nitrogen and oxygen atoms in total. The average Bonchev–Trinajstić information content (AvgIpc) is 3.94. The Kier molecular flexibility index (Phi) is 11.6. The SMILES string of the molecule is CC1(c2ccc(-c3c(I)c4nc(Br)cnc4n3COCC[Si](C)(C)C)cc2)OCCO1.CC1(c2ccc(-c3cc4nc(Br)cnc4[nH]3)cc2)OCCO1. The highest BCUT2D eigenvalue weighted by molar-refractivity contribution is 14.1. The van der Waals surface area contributed by atoms with Gasteiger partial charge < -0.3 is 28.7 Å². The van der Waals surface area contributed by atoms with Crippen molar-refractivity contribution in [2.24, 2.45) is 0 Å². The van der Waals surface area contributed by atoms with Gasteiger partial charge in [-0.05, 0) is 91.5 Å². The average molecular weight is 977 g/mol. The summed E-state index contributed by atoms with van der Waals surface area (Å²) in [7, 11) is -1.15. The number of nitrogens with one attached hydrogen (secondary N) is 1. The maximum atomic E-state index is 6.11. The maximum absolute atomic E-state index is 6.11. The molecule has 0 amide bonds. The molecule has 2 aromatic carbocycles. The van der Waals surface area contributed by atoms with Gasteiger partial charge in [-0.15, -0.1) is 0 Å². The van der Waals surface area contributed by atoms with Crippen molar-refractivity contribution in [1.29, 1.82) is 0 Å². The zero-order chi connectivity index (χ0) is 37.4. The van der Waals surface area contributed by atoms with Crippen molar-refractivity contribution in [3.8, 4) is 22.5 Å². The van der Waals surface area contributed by atoms with E-state index >= 15 is 0 Å². The van der Waals surface area contributed by atoms with Crippen molar-refractivity contribution >= 4 is 84.9 Å². The van der Waals surface area contributed by atoms with Gasteiger partial charge in [-0.25, -0.2) is 19.9 Å². The fourth-order valence-corrected chi connectivity index (χ4v) is 8.56. The molecule has 0 spiro atoms. The molecule has 2 aliphatic heterocycles. The molecule has 15 heteroatoms. The monoisotopic (exact) mass is 974 g/mol. The van der Waals surface area contributed by atoms with Crippen LogP contribution in [0.15, 0.2) is 76.2 Å². The van der Waals surface area contributed by atoms with Gasteiger partial charge in [-0.2, -0.15) is 0 Å². The number of fused-ring (bicyclic) bond motifs is 2. The predicted octanol–water partition coefficient (Wildman–Crippen LogP) is 9.60. The Labute approximate surface area is 340 Å². The van der Waals surface area contributed by atoms with Crippen LogP contribution in [0.3, 0.4) is 0 Å². The van der Waals surface area contributed by atoms with E-state index in [9.17, 15) is 0 Å². The number of aromatic amines is 1. The van der Waals surface area contributed by atoms with E-state index in [0.717, 1.165) is 81.4 Å². The minimum Gasteiger partial charge on any atom is -0.361 e. The van der Waals surface area contributed by atoms with Crippen LogP contribution in [0.1, 0.15) is 25.0 Å². The molecule has 2 fully saturated rings. The van der Waals surface area contributed by atoms with Gasteiger partial charge in [-0.3, -0.25) is 4.57 Å². The van der Waals surface area contributed by atoms with Gasteiger partial charge in [0.25, 0.3) is 0 Å². The predicted molar refractivity (Wildman–Crippen MR) is 223 cm³/mol. The van der Waals surface area contributed by atoms with E-state index in [2.05, 4.69) is 128 Å². The Morgan fingerprint density at radius 2 is 1.36 bits per heavy atom. The van der Waals surface area contributed by atoms with Gasteiger partial charge in [-0.1, -0.05) is 68.2 Å². The third-order valence-electron chi connectivity index (χ3n) is 9.27. The number of ether oxygens (including phenoxy) is 5. The lowest BCUT2D eigenvalue weighted by Gasteiger charge is -2.23. The molecule has 278 valence electrons. The number of halogens is 3. The zero-order valence-corrected chi connectivity index (χ0v) is 36.5. The topological polar surface area (TPSA) is 118 Å². The van der Waals surface area contributed by atoms with E-state index < -0.39 is 19.6 Å². The van der Waals surface area contributed by atoms with Crippen molar-refractivity contribution in [3.63, 3.8) is 0 Å². The normalized spacial score (nSPS) is 16.7. The summed E-state index contributed by atoms with van der Waals surface area (Å²) in [5.41, 5.74) is 9.54. The zero-order valence-electron chi connectivity index (χ0n) is 30.2. The van der Waals surface area contributed by atoms with E-state index in [1.807, 2.05) is 44.2 Å². The fourth-order valence-electron chi connectivity index (χ4n) is 6.26. The minimum atomic E-state index is -1.15. The Hall–Kier alpha value is -2.61. The van der Waals surface area contributed by atoms with E-state index in [1.54, 1.807) is 12.4 Å². The van der Waals surface area contributed by atoms with Crippen LogP contribution in [0.2, 0.25) is 25.7 Å². The first kappa shape index (κ1) is 38.7. The third kappa shape index (κ3) is 8.63. The van der Waals surface area contributed by atoms with Crippen molar-refractivity contribution in [1.82, 2.24) is 29.5 Å². The molecule has 4 aromatic heterocycles. The second kappa shape index (κ2) is 15.9. The van der Waals surface area contributed by atoms with Crippen LogP contribution in [-0.2, 0) is 42.0 Å². The highest BCUT2D eigenvalue weighted by Gasteiger charge is 2.34. The van der Waals surface area contributed by atoms with E-state index in [1.165, 1.54) is 0 Å². The Balaban J connectivity index is 0.000000173. The molecule has 53 heavy (non-hydrogen) atoms. The second-order valence-corrected chi connectivity index (χ2v) is 22.7. The van der Waals surface area contributed by atoms with Crippen molar-refractivity contribution in [3.05, 3.63) is 90.9 Å². The Morgan fingerprint density at radius 3 is 1.94 bits per heavy atom. The molecule has 0 aliphatic carbocycles. The molecular weight excluding hydrogens is 935 g/mol. The number of benzene rings is 2. The molecule has 6 heterocycles. The maximum Gasteiger partial charge on any atom is 0.192 e. The second-order valence-electron chi connectivity index (χ2n) is 14.4. The molecule has 0 atom stereocenters. The van der Waals surface area contributed by atoms with Crippen LogP contribution in [0.25, 0.3) is 44.8 Å². The van der Waals surface area contributed by atoms with Gasteiger partial charge in [0.05, 0.1) is 48.1 Å². The number of rotatable bonds is 9. The van der Waals surface area contributed by atoms with Crippen molar-refractivity contribution in [2.45, 2.75) is 57.8 Å². The number of hydrogen-bond acceptors (Lipinski definition) is 9. The third-order valence-corrected chi connectivity index (χ3v) is 12.8. The lowest BCUT2D eigenvalue weighted by Crippen LogP contribution is -2.22. The van der Waals surface area contributed by atoms with Crippen LogP contribution >= 0.6 is 54.5 Å². The summed E-state index contributed by atoms with van der Waals surface area (Å²) in [5.74, 6) is -1.31. The largest absolute Gasteiger partial charge is 0.361 e. The molecule has 1 N–H and O–H groups in total. The summed E-state index contributed by atoms with van der Waals surface area (Å²) >= 11 is 9.15. The van der Waals surface area contributed by atoms with Crippen LogP contribution in [0, 0.1) is 3.57 Å². The van der Waals surface area contributed by atoms with Gasteiger partial charge in [0.2, 0.25) is 0 Å². The molecule has 0 radical (unpaired) electrons. The summed E-state index contributed by atoms with van der Waals surface area (Å²) in [6.07, 6.45) is 3.42. The quantitative estimate of drug-likeness (QED) is 0.0859. The Bertz CT molecular complexity index is 2210. The molecule has 2 aliphatic rings. The van der Waals surface area contributed by atoms with E-state index in [4.69, 9.17) is 23.7 Å². The van der Waals surface area contributed by atoms with Crippen LogP contribution in [0.5, 0.6) is 0 Å². The first-order valence-electron chi connectivity index (χ1n) is 17.4. The fraction of sp³-hybridized carbons (Fsp3) is 0.368. The van der Waals surface area contributed by atoms with Crippen molar-refractivity contribution < 1.29 is 23.7 Å². The summed E-state index contributed by atoms with van der Waals surface area (Å²) in [6, 6.07) is 19.6. The van der Waals surface area contributed by atoms with E-state index in [0.29, 0.717) is 33.2 Å². The lowest BCUT2D eigenvalue weighted by atomic mass is 10.0. The van der Waals surface area contributed by atoms with Crippen LogP contribution in [-0.4, -0.2) is 70.6 Å². The lowest BCUT2D eigenvalue weighted by molar-refractivity contribution is -0.150. The standard InChI is InChI=1S/C22H27BrIN3O3Si.C16H14BrN3O2/c1-22(29-9-10-30-22)16-7-5-15(6-8-16)20-18(24)19-21(25-13-17(23)26-19)27(20)14-28-11-12-31(2,3)4;1-16(21-6-7-22-16)11-4-2-10(3-5-11)12-8-13-15(20-12)18-9-14(17)19-13/h5-8,13H,9-12,14H2,1-4H3;2-5,8-9H,6-7H2,1H3,(H,18,20). The van der Waals surface area contributed by atoms with Crippen molar-refractivity contribution in [2.75, 3.05) is 33.0 Å². The summed E-state index contributed by atoms with van der Waals surface area (Å²) in [4.78, 5) is 21.3. The van der Waals surface area contributed by atoms with Gasteiger partial charge in [0.1, 0.15) is 27.0 Å². The number of nitrogens with zero attached hydrogens (tertiary/aromatic N) is 5. The molecule has 8 rings (SSSR count). The molecular formula is C38H41Br2IN6O5Si. The molecule has 6 aromatic rings. The smallest absolute Gasteiger partial charge is 0.192 e. The summed E-state index contributed by atoms with van der Waals surface area (Å²) in [6.45, 7) is 14.7. The molecule has 0 bridgehead atoms. The van der Waals surface area contributed by atoms with Crippen LogP contribution < -0.4 is 0 Å². The first-order chi connectivity index (χ1) is 25.3. The molecule has 0 unspecified atom stereocenters. The molecule has 2 saturated heterocycles.